The Hall–Kier alpha value is -3.68. The first kappa shape index (κ1) is 20.1. The molecule has 0 radical (unpaired) electrons. The molecule has 0 aromatic heterocycles. The highest BCUT2D eigenvalue weighted by atomic mass is 16.6. The topological polar surface area (TPSA) is 95.8 Å². The Bertz CT molecular complexity index is 992. The zero-order chi connectivity index (χ0) is 21.3. The molecule has 150 valence electrons. The van der Waals surface area contributed by atoms with Crippen LogP contribution >= 0.6 is 0 Å². The Labute approximate surface area is 168 Å². The summed E-state index contributed by atoms with van der Waals surface area (Å²) in [7, 11) is 3.86. The molecule has 0 spiro atoms. The molecule has 2 amide bonds. The summed E-state index contributed by atoms with van der Waals surface area (Å²) >= 11 is 0. The second-order valence-corrected chi connectivity index (χ2v) is 7.19. The number of hydrogen-bond acceptors (Lipinski definition) is 6. The molecule has 3 rings (SSSR count). The van der Waals surface area contributed by atoms with Crippen molar-refractivity contribution in [3.63, 3.8) is 0 Å². The number of non-ortho nitro benzene ring substituents is 1. The fourth-order valence-electron chi connectivity index (χ4n) is 3.14. The Kier molecular flexibility index (Phi) is 5.36. The zero-order valence-corrected chi connectivity index (χ0v) is 16.7. The second-order valence-electron chi connectivity index (χ2n) is 7.19. The molecule has 2 aromatic carbocycles. The summed E-state index contributed by atoms with van der Waals surface area (Å²) < 4.78 is 0. The van der Waals surface area contributed by atoms with Crippen molar-refractivity contribution >= 4 is 34.4 Å². The lowest BCUT2D eigenvalue weighted by Gasteiger charge is -2.19. The van der Waals surface area contributed by atoms with Gasteiger partial charge in [0.15, 0.2) is 0 Å². The number of hydrogen-bond donors (Lipinski definition) is 1. The number of nitrogens with one attached hydrogen (secondary N) is 1. The van der Waals surface area contributed by atoms with E-state index in [0.29, 0.717) is 11.3 Å². The number of imide groups is 1. The number of benzene rings is 2. The third-order valence-corrected chi connectivity index (χ3v) is 4.65. The average molecular weight is 394 g/mol. The van der Waals surface area contributed by atoms with E-state index in [4.69, 9.17) is 0 Å². The summed E-state index contributed by atoms with van der Waals surface area (Å²) in [5.74, 6) is -0.846. The van der Waals surface area contributed by atoms with E-state index < -0.39 is 16.7 Å². The Morgan fingerprint density at radius 3 is 2.03 bits per heavy atom. The predicted molar refractivity (Wildman–Crippen MR) is 111 cm³/mol. The molecule has 0 saturated heterocycles. The maximum absolute atomic E-state index is 13.0. The minimum Gasteiger partial charge on any atom is -0.378 e. The van der Waals surface area contributed by atoms with Gasteiger partial charge in [0.05, 0.1) is 10.5 Å². The fraction of sp³-hybridized carbons (Fsp3) is 0.238. The molecule has 1 aliphatic heterocycles. The highest BCUT2D eigenvalue weighted by molar-refractivity contribution is 6.36. The van der Waals surface area contributed by atoms with Gasteiger partial charge in [0.25, 0.3) is 17.5 Å². The van der Waals surface area contributed by atoms with Crippen molar-refractivity contribution < 1.29 is 14.5 Å². The van der Waals surface area contributed by atoms with Crippen LogP contribution in [-0.2, 0) is 9.59 Å². The van der Waals surface area contributed by atoms with E-state index in [9.17, 15) is 19.7 Å². The number of rotatable bonds is 6. The first-order valence-corrected chi connectivity index (χ1v) is 9.12. The van der Waals surface area contributed by atoms with Crippen LogP contribution in [0.1, 0.15) is 19.4 Å². The molecule has 1 N–H and O–H groups in total. The van der Waals surface area contributed by atoms with Gasteiger partial charge in [-0.2, -0.15) is 0 Å². The minimum absolute atomic E-state index is 0.0828. The number of carbonyl (C=O) groups excluding carboxylic acids is 2. The van der Waals surface area contributed by atoms with Gasteiger partial charge in [-0.05, 0) is 55.8 Å². The average Bonchev–Trinajstić information content (AvgIpc) is 2.92. The molecule has 0 saturated carbocycles. The van der Waals surface area contributed by atoms with Crippen LogP contribution in [-0.4, -0.2) is 41.8 Å². The van der Waals surface area contributed by atoms with Crippen LogP contribution in [0, 0.1) is 10.1 Å². The fourth-order valence-corrected chi connectivity index (χ4v) is 3.14. The lowest BCUT2D eigenvalue weighted by Crippen LogP contribution is -2.38. The van der Waals surface area contributed by atoms with E-state index in [1.807, 2.05) is 43.3 Å². The maximum atomic E-state index is 13.0. The van der Waals surface area contributed by atoms with Crippen molar-refractivity contribution in [1.82, 2.24) is 4.90 Å². The van der Waals surface area contributed by atoms with E-state index in [1.165, 1.54) is 29.2 Å². The minimum atomic E-state index is -0.508. The molecular weight excluding hydrogens is 372 g/mol. The molecular formula is C21H22N4O4. The maximum Gasteiger partial charge on any atom is 0.278 e. The smallest absolute Gasteiger partial charge is 0.278 e. The molecule has 8 nitrogen and oxygen atoms in total. The SMILES string of the molecule is CC(C)N1C(=O)C(Nc2ccc(N(C)C)cc2)=C(c2ccc([N+](=O)[O-])cc2)C1=O. The van der Waals surface area contributed by atoms with Gasteiger partial charge in [0.2, 0.25) is 0 Å². The van der Waals surface area contributed by atoms with E-state index in [1.54, 1.807) is 13.8 Å². The molecule has 0 aliphatic carbocycles. The summed E-state index contributed by atoms with van der Waals surface area (Å²) in [5.41, 5.74) is 2.39. The van der Waals surface area contributed by atoms with Crippen molar-refractivity contribution in [3.05, 3.63) is 69.9 Å². The first-order valence-electron chi connectivity index (χ1n) is 9.12. The molecule has 0 atom stereocenters. The largest absolute Gasteiger partial charge is 0.378 e. The molecule has 29 heavy (non-hydrogen) atoms. The number of nitro groups is 1. The summed E-state index contributed by atoms with van der Waals surface area (Å²) in [4.78, 5) is 39.5. The van der Waals surface area contributed by atoms with Gasteiger partial charge in [-0.1, -0.05) is 0 Å². The summed E-state index contributed by atoms with van der Waals surface area (Å²) in [6, 6.07) is 12.7. The van der Waals surface area contributed by atoms with Crippen LogP contribution < -0.4 is 10.2 Å². The van der Waals surface area contributed by atoms with Crippen LogP contribution in [0.15, 0.2) is 54.2 Å². The normalized spacial score (nSPS) is 14.0. The van der Waals surface area contributed by atoms with E-state index in [-0.39, 0.29) is 23.0 Å². The van der Waals surface area contributed by atoms with Crippen molar-refractivity contribution in [2.75, 3.05) is 24.3 Å². The van der Waals surface area contributed by atoms with Gasteiger partial charge in [-0.3, -0.25) is 24.6 Å². The van der Waals surface area contributed by atoms with Crippen molar-refractivity contribution in [2.24, 2.45) is 0 Å². The molecule has 1 aliphatic rings. The molecule has 0 bridgehead atoms. The van der Waals surface area contributed by atoms with E-state index in [2.05, 4.69) is 5.32 Å². The van der Waals surface area contributed by atoms with Crippen LogP contribution in [0.4, 0.5) is 17.1 Å². The van der Waals surface area contributed by atoms with Gasteiger partial charge in [0.1, 0.15) is 5.70 Å². The van der Waals surface area contributed by atoms with Crippen LogP contribution in [0.25, 0.3) is 5.57 Å². The Morgan fingerprint density at radius 1 is 0.966 bits per heavy atom. The van der Waals surface area contributed by atoms with E-state index >= 15 is 0 Å². The van der Waals surface area contributed by atoms with Crippen molar-refractivity contribution in [2.45, 2.75) is 19.9 Å². The van der Waals surface area contributed by atoms with Gasteiger partial charge in [0, 0.05) is 43.6 Å². The van der Waals surface area contributed by atoms with E-state index in [0.717, 1.165) is 5.69 Å². The lowest BCUT2D eigenvalue weighted by molar-refractivity contribution is -0.384. The molecule has 0 unspecified atom stereocenters. The number of carbonyl (C=O) groups is 2. The molecule has 1 heterocycles. The highest BCUT2D eigenvalue weighted by Gasteiger charge is 2.40. The van der Waals surface area contributed by atoms with Crippen LogP contribution in [0.2, 0.25) is 0 Å². The highest BCUT2D eigenvalue weighted by Crippen LogP contribution is 2.32. The van der Waals surface area contributed by atoms with Gasteiger partial charge < -0.3 is 10.2 Å². The summed E-state index contributed by atoms with van der Waals surface area (Å²) in [5, 5.41) is 14.0. The second kappa shape index (κ2) is 7.75. The standard InChI is InChI=1S/C21H22N4O4/c1-13(2)24-20(26)18(14-5-9-17(10-6-14)25(28)29)19(21(24)27)22-15-7-11-16(12-8-15)23(3)4/h5-13,22H,1-4H3. The van der Waals surface area contributed by atoms with Gasteiger partial charge in [-0.25, -0.2) is 0 Å². The Morgan fingerprint density at radius 2 is 1.55 bits per heavy atom. The predicted octanol–water partition coefficient (Wildman–Crippen LogP) is 3.26. The molecule has 2 aromatic rings. The quantitative estimate of drug-likeness (QED) is 0.459. The van der Waals surface area contributed by atoms with Crippen molar-refractivity contribution in [1.29, 1.82) is 0 Å². The van der Waals surface area contributed by atoms with Crippen LogP contribution in [0.3, 0.4) is 0 Å². The molecule has 0 fully saturated rings. The summed E-state index contributed by atoms with van der Waals surface area (Å²) in [6.45, 7) is 3.52. The number of nitro benzene ring substituents is 1. The Balaban J connectivity index is 2.04. The molecule has 8 heteroatoms. The first-order chi connectivity index (χ1) is 13.7. The van der Waals surface area contributed by atoms with Crippen molar-refractivity contribution in [3.8, 4) is 0 Å². The van der Waals surface area contributed by atoms with Gasteiger partial charge in [-0.15, -0.1) is 0 Å². The summed E-state index contributed by atoms with van der Waals surface area (Å²) in [6.07, 6.45) is 0. The number of anilines is 2. The monoisotopic (exact) mass is 394 g/mol. The van der Waals surface area contributed by atoms with Gasteiger partial charge >= 0.3 is 0 Å². The third-order valence-electron chi connectivity index (χ3n) is 4.65. The lowest BCUT2D eigenvalue weighted by atomic mass is 10.0. The third kappa shape index (κ3) is 3.82. The number of amides is 2. The van der Waals surface area contributed by atoms with Crippen LogP contribution in [0.5, 0.6) is 0 Å². The zero-order valence-electron chi connectivity index (χ0n) is 16.7. The number of nitrogens with zero attached hydrogens (tertiary/aromatic N) is 3.